The standard InChI is InChI=1S/C8H15O2P.C8H9O2.Pd/c9-8(10)5-6-3-1-2-4-7(6)11;1-9-7-4-3-5-8(6-7)10-2;/h6-7H,1-5,11H2,(H,9,10);3-5H,1-2H3;/q;-1;. The summed E-state index contributed by atoms with van der Waals surface area (Å²) < 4.78 is 9.84. The molecule has 0 aliphatic heterocycles. The zero-order valence-electron chi connectivity index (χ0n) is 13.0. The molecule has 2 rings (SSSR count). The molecule has 1 N–H and O–H groups in total. The van der Waals surface area contributed by atoms with Crippen LogP contribution in [0.1, 0.15) is 32.1 Å². The van der Waals surface area contributed by atoms with Gasteiger partial charge in [-0.05, 0) is 24.4 Å². The minimum atomic E-state index is -0.649. The Labute approximate surface area is 148 Å². The van der Waals surface area contributed by atoms with E-state index in [4.69, 9.17) is 14.6 Å². The summed E-state index contributed by atoms with van der Waals surface area (Å²) in [6.07, 6.45) is 5.12. The maximum atomic E-state index is 10.4. The Kier molecular flexibility index (Phi) is 11.6. The van der Waals surface area contributed by atoms with Crippen molar-refractivity contribution in [3.63, 3.8) is 0 Å². The van der Waals surface area contributed by atoms with Gasteiger partial charge in [0.2, 0.25) is 0 Å². The smallest absolute Gasteiger partial charge is 0.303 e. The molecule has 0 spiro atoms. The molecule has 128 valence electrons. The fourth-order valence-electron chi connectivity index (χ4n) is 2.38. The first-order valence-electron chi connectivity index (χ1n) is 7.14. The van der Waals surface area contributed by atoms with Crippen LogP contribution < -0.4 is 9.47 Å². The van der Waals surface area contributed by atoms with Crippen molar-refractivity contribution in [1.82, 2.24) is 0 Å². The number of carbonyl (C=O) groups is 1. The molecule has 0 heterocycles. The first-order valence-corrected chi connectivity index (χ1v) is 7.81. The summed E-state index contributed by atoms with van der Waals surface area (Å²) in [5.74, 6) is 1.15. The number of rotatable bonds is 4. The predicted octanol–water partition coefficient (Wildman–Crippen LogP) is 3.40. The van der Waals surface area contributed by atoms with E-state index >= 15 is 0 Å². The third kappa shape index (κ3) is 8.13. The van der Waals surface area contributed by atoms with Gasteiger partial charge >= 0.3 is 5.97 Å². The van der Waals surface area contributed by atoms with E-state index in [1.807, 2.05) is 18.2 Å². The van der Waals surface area contributed by atoms with E-state index in [1.165, 1.54) is 19.3 Å². The molecule has 0 saturated heterocycles. The summed E-state index contributed by atoms with van der Waals surface area (Å²) in [4.78, 5) is 10.4. The van der Waals surface area contributed by atoms with Crippen molar-refractivity contribution in [3.8, 4) is 11.5 Å². The molecule has 1 aromatic rings. The maximum Gasteiger partial charge on any atom is 0.303 e. The van der Waals surface area contributed by atoms with Gasteiger partial charge in [0.15, 0.2) is 0 Å². The normalized spacial score (nSPS) is 20.0. The van der Waals surface area contributed by atoms with E-state index in [1.54, 1.807) is 14.2 Å². The number of hydrogen-bond donors (Lipinski definition) is 1. The fraction of sp³-hybridized carbons (Fsp3) is 0.562. The van der Waals surface area contributed by atoms with Crippen molar-refractivity contribution in [2.45, 2.75) is 37.8 Å². The molecule has 4 nitrogen and oxygen atoms in total. The predicted molar refractivity (Wildman–Crippen MR) is 86.1 cm³/mol. The van der Waals surface area contributed by atoms with Gasteiger partial charge in [-0.3, -0.25) is 4.79 Å². The Balaban J connectivity index is 0.000000385. The summed E-state index contributed by atoms with van der Waals surface area (Å²) in [5.41, 5.74) is 0.542. The van der Waals surface area contributed by atoms with Crippen LogP contribution in [0, 0.1) is 12.0 Å². The van der Waals surface area contributed by atoms with Gasteiger partial charge < -0.3 is 14.6 Å². The Morgan fingerprint density at radius 2 is 1.82 bits per heavy atom. The molecule has 1 saturated carbocycles. The van der Waals surface area contributed by atoms with Crippen molar-refractivity contribution in [2.75, 3.05) is 14.2 Å². The summed E-state index contributed by atoms with van der Waals surface area (Å²) in [6, 6.07) is 8.40. The van der Waals surface area contributed by atoms with Crippen LogP contribution in [0.4, 0.5) is 0 Å². The van der Waals surface area contributed by atoms with Crippen LogP contribution in [0.5, 0.6) is 11.5 Å². The second kappa shape index (κ2) is 11.9. The molecule has 3 atom stereocenters. The molecule has 1 aromatic carbocycles. The molecule has 6 heteroatoms. The number of aliphatic carboxylic acids is 1. The van der Waals surface area contributed by atoms with Crippen LogP contribution in [0.25, 0.3) is 0 Å². The average Bonchev–Trinajstić information content (AvgIpc) is 2.50. The van der Waals surface area contributed by atoms with Crippen LogP contribution in [0.15, 0.2) is 18.2 Å². The molecule has 1 aliphatic carbocycles. The van der Waals surface area contributed by atoms with Crippen molar-refractivity contribution in [2.24, 2.45) is 5.92 Å². The Morgan fingerprint density at radius 3 is 2.27 bits per heavy atom. The topological polar surface area (TPSA) is 55.8 Å². The number of hydrogen-bond acceptors (Lipinski definition) is 3. The van der Waals surface area contributed by atoms with Gasteiger partial charge in [-0.15, -0.1) is 21.4 Å². The third-order valence-corrected chi connectivity index (χ3v) is 4.46. The molecule has 1 aliphatic rings. The van der Waals surface area contributed by atoms with E-state index in [2.05, 4.69) is 15.3 Å². The van der Waals surface area contributed by atoms with E-state index in [0.717, 1.165) is 6.42 Å². The van der Waals surface area contributed by atoms with Crippen LogP contribution in [-0.4, -0.2) is 31.0 Å². The van der Waals surface area contributed by atoms with Gasteiger partial charge in [-0.1, -0.05) is 18.9 Å². The third-order valence-electron chi connectivity index (χ3n) is 3.59. The summed E-state index contributed by atoms with van der Waals surface area (Å²) in [5, 5.41) is 8.57. The molecule has 0 radical (unpaired) electrons. The van der Waals surface area contributed by atoms with E-state index in [9.17, 15) is 4.79 Å². The van der Waals surface area contributed by atoms with Gasteiger partial charge in [0.05, 0.1) is 14.2 Å². The summed E-state index contributed by atoms with van der Waals surface area (Å²) in [6.45, 7) is 0. The number of methoxy groups -OCH3 is 2. The van der Waals surface area contributed by atoms with Gasteiger partial charge in [0, 0.05) is 38.3 Å². The molecule has 0 aromatic heterocycles. The van der Waals surface area contributed by atoms with Gasteiger partial charge in [-0.2, -0.15) is 6.07 Å². The molecule has 3 unspecified atom stereocenters. The first kappa shape index (κ1) is 21.4. The second-order valence-corrected chi connectivity index (χ2v) is 5.95. The molecular formula is C16H24O4PPd-. The zero-order chi connectivity index (χ0) is 15.7. The fourth-order valence-corrected chi connectivity index (χ4v) is 2.94. The van der Waals surface area contributed by atoms with Crippen LogP contribution in [0.3, 0.4) is 0 Å². The van der Waals surface area contributed by atoms with Gasteiger partial charge in [0.25, 0.3) is 0 Å². The van der Waals surface area contributed by atoms with Crippen molar-refractivity contribution >= 4 is 15.2 Å². The number of ether oxygens (including phenoxy) is 2. The largest absolute Gasteiger partial charge is 0.522 e. The van der Waals surface area contributed by atoms with E-state index < -0.39 is 5.97 Å². The summed E-state index contributed by atoms with van der Waals surface area (Å²) in [7, 11) is 5.98. The Bertz CT molecular complexity index is 423. The molecule has 22 heavy (non-hydrogen) atoms. The van der Waals surface area contributed by atoms with Crippen LogP contribution in [-0.2, 0) is 25.2 Å². The SMILES string of the molecule is COc1[c-]c(OC)ccc1.O=C(O)CC1CCCCC1P.[Pd]. The molecule has 0 amide bonds. The molecule has 0 bridgehead atoms. The number of benzene rings is 1. The monoisotopic (exact) mass is 417 g/mol. The average molecular weight is 418 g/mol. The van der Waals surface area contributed by atoms with Crippen molar-refractivity contribution in [3.05, 3.63) is 24.3 Å². The van der Waals surface area contributed by atoms with Crippen molar-refractivity contribution < 1.29 is 39.8 Å². The Hall–Kier alpha value is -0.618. The quantitative estimate of drug-likeness (QED) is 0.463. The minimum Gasteiger partial charge on any atom is -0.522 e. The van der Waals surface area contributed by atoms with E-state index in [0.29, 0.717) is 29.5 Å². The second-order valence-electron chi connectivity index (χ2n) is 5.09. The minimum absolute atomic E-state index is 0. The van der Waals surface area contributed by atoms with Gasteiger partial charge in [0.1, 0.15) is 0 Å². The Morgan fingerprint density at radius 1 is 1.27 bits per heavy atom. The number of carboxylic acid groups (broad SMARTS) is 1. The van der Waals surface area contributed by atoms with E-state index in [-0.39, 0.29) is 20.4 Å². The number of carboxylic acids is 1. The van der Waals surface area contributed by atoms with Crippen LogP contribution in [0.2, 0.25) is 0 Å². The first-order chi connectivity index (χ1) is 10.1. The maximum absolute atomic E-state index is 10.4. The summed E-state index contributed by atoms with van der Waals surface area (Å²) >= 11 is 0. The van der Waals surface area contributed by atoms with Crippen molar-refractivity contribution in [1.29, 1.82) is 0 Å². The van der Waals surface area contributed by atoms with Crippen LogP contribution >= 0.6 is 9.24 Å². The molecule has 1 fully saturated rings. The zero-order valence-corrected chi connectivity index (χ0v) is 15.7. The van der Waals surface area contributed by atoms with Gasteiger partial charge in [-0.25, -0.2) is 0 Å². The molecular weight excluding hydrogens is 394 g/mol.